The molecule has 1 aromatic carbocycles. The second-order valence-electron chi connectivity index (χ2n) is 6.98. The fourth-order valence-corrected chi connectivity index (χ4v) is 4.69. The van der Waals surface area contributed by atoms with Crippen LogP contribution in [0.4, 0.5) is 5.13 Å². The minimum atomic E-state index is -0.410. The van der Waals surface area contributed by atoms with Crippen molar-refractivity contribution in [2.75, 3.05) is 18.0 Å². The molecule has 132 valence electrons. The Morgan fingerprint density at radius 1 is 1.24 bits per heavy atom. The Balaban J connectivity index is 1.58. The van der Waals surface area contributed by atoms with E-state index in [0.717, 1.165) is 47.2 Å². The first-order valence-corrected chi connectivity index (χ1v) is 9.65. The van der Waals surface area contributed by atoms with E-state index in [1.54, 1.807) is 11.3 Å². The molecular formula is C18H20ClN3O2S. The zero-order chi connectivity index (χ0) is 17.8. The minimum Gasteiger partial charge on any atom is -0.486 e. The lowest BCUT2D eigenvalue weighted by molar-refractivity contribution is 0.0230. The Bertz CT molecular complexity index is 856. The summed E-state index contributed by atoms with van der Waals surface area (Å²) in [4.78, 5) is 15.1. The Labute approximate surface area is 156 Å². The standard InChI is InChI=1S/C18H20ClN3O2S/c1-10-8-14-15(11(2)16(10)19)13(23)9-18(24-14)4-6-22(7-5-18)17-21-20-12(3)25-17/h8H,4-7,9H2,1-3H3. The van der Waals surface area contributed by atoms with Crippen LogP contribution in [0.15, 0.2) is 6.07 Å². The van der Waals surface area contributed by atoms with Gasteiger partial charge in [0.2, 0.25) is 5.13 Å². The van der Waals surface area contributed by atoms with Gasteiger partial charge in [-0.15, -0.1) is 10.2 Å². The average Bonchev–Trinajstić information content (AvgIpc) is 2.99. The number of ketones is 1. The summed E-state index contributed by atoms with van der Waals surface area (Å²) in [5.41, 5.74) is 2.03. The lowest BCUT2D eigenvalue weighted by Crippen LogP contribution is -2.51. The van der Waals surface area contributed by atoms with Gasteiger partial charge in [0.15, 0.2) is 5.78 Å². The molecule has 1 saturated heterocycles. The molecule has 1 spiro atoms. The third kappa shape index (κ3) is 2.81. The molecule has 5 nitrogen and oxygen atoms in total. The third-order valence-corrected chi connectivity index (χ3v) is 6.67. The van der Waals surface area contributed by atoms with Crippen LogP contribution in [0.1, 0.15) is 45.8 Å². The molecule has 0 atom stereocenters. The van der Waals surface area contributed by atoms with Crippen LogP contribution in [0.2, 0.25) is 5.02 Å². The molecule has 2 aliphatic rings. The van der Waals surface area contributed by atoms with Crippen molar-refractivity contribution >= 4 is 33.9 Å². The number of aromatic nitrogens is 2. The molecule has 25 heavy (non-hydrogen) atoms. The van der Waals surface area contributed by atoms with Gasteiger partial charge in [0.05, 0.1) is 12.0 Å². The molecular weight excluding hydrogens is 358 g/mol. The number of aryl methyl sites for hydroxylation is 2. The molecule has 2 aromatic rings. The molecule has 0 unspecified atom stereocenters. The first kappa shape index (κ1) is 16.8. The van der Waals surface area contributed by atoms with Crippen LogP contribution >= 0.6 is 22.9 Å². The number of fused-ring (bicyclic) bond motifs is 1. The SMILES string of the molecule is Cc1nnc(N2CCC3(CC2)CC(=O)c2c(cc(C)c(Cl)c2C)O3)s1. The number of carbonyl (C=O) groups is 1. The van der Waals surface area contributed by atoms with Gasteiger partial charge in [0.1, 0.15) is 16.4 Å². The van der Waals surface area contributed by atoms with Crippen LogP contribution in [0.3, 0.4) is 0 Å². The van der Waals surface area contributed by atoms with Crippen molar-refractivity contribution in [3.8, 4) is 5.75 Å². The summed E-state index contributed by atoms with van der Waals surface area (Å²) in [6.07, 6.45) is 2.03. The Morgan fingerprint density at radius 2 is 1.96 bits per heavy atom. The number of ether oxygens (including phenoxy) is 1. The number of benzene rings is 1. The predicted octanol–water partition coefficient (Wildman–Crippen LogP) is 4.12. The molecule has 4 rings (SSSR count). The number of halogens is 1. The number of Topliss-reactive ketones (excluding diaryl/α,β-unsaturated/α-hetero) is 1. The average molecular weight is 378 g/mol. The largest absolute Gasteiger partial charge is 0.486 e. The number of hydrogen-bond acceptors (Lipinski definition) is 6. The van der Waals surface area contributed by atoms with Crippen molar-refractivity contribution in [1.29, 1.82) is 0 Å². The van der Waals surface area contributed by atoms with E-state index < -0.39 is 5.60 Å². The predicted molar refractivity (Wildman–Crippen MR) is 99.3 cm³/mol. The second kappa shape index (κ2) is 5.95. The lowest BCUT2D eigenvalue weighted by Gasteiger charge is -2.44. The zero-order valence-electron chi connectivity index (χ0n) is 14.6. The minimum absolute atomic E-state index is 0.140. The maximum absolute atomic E-state index is 12.8. The van der Waals surface area contributed by atoms with Crippen LogP contribution in [0, 0.1) is 20.8 Å². The lowest BCUT2D eigenvalue weighted by atomic mass is 9.81. The smallest absolute Gasteiger partial charge is 0.208 e. The van der Waals surface area contributed by atoms with Gasteiger partial charge in [-0.25, -0.2) is 0 Å². The van der Waals surface area contributed by atoms with Crippen LogP contribution in [-0.2, 0) is 0 Å². The summed E-state index contributed by atoms with van der Waals surface area (Å²) in [6.45, 7) is 7.45. The second-order valence-corrected chi connectivity index (χ2v) is 8.52. The van der Waals surface area contributed by atoms with E-state index in [-0.39, 0.29) is 5.78 Å². The number of rotatable bonds is 1. The van der Waals surface area contributed by atoms with Gasteiger partial charge in [-0.2, -0.15) is 0 Å². The summed E-state index contributed by atoms with van der Waals surface area (Å²) in [6, 6.07) is 1.91. The Hall–Kier alpha value is -1.66. The number of nitrogens with zero attached hydrogens (tertiary/aromatic N) is 3. The van der Waals surface area contributed by atoms with Crippen LogP contribution in [0.5, 0.6) is 5.75 Å². The molecule has 0 radical (unpaired) electrons. The molecule has 0 N–H and O–H groups in total. The van der Waals surface area contributed by atoms with E-state index in [4.69, 9.17) is 16.3 Å². The molecule has 1 aromatic heterocycles. The molecule has 3 heterocycles. The van der Waals surface area contributed by atoms with E-state index in [1.807, 2.05) is 26.8 Å². The van der Waals surface area contributed by atoms with Gasteiger partial charge in [-0.1, -0.05) is 22.9 Å². The highest BCUT2D eigenvalue weighted by atomic mass is 35.5. The molecule has 0 bridgehead atoms. The highest BCUT2D eigenvalue weighted by Gasteiger charge is 2.44. The molecule has 0 saturated carbocycles. The van der Waals surface area contributed by atoms with E-state index in [9.17, 15) is 4.79 Å². The zero-order valence-corrected chi connectivity index (χ0v) is 16.1. The van der Waals surface area contributed by atoms with E-state index in [1.165, 1.54) is 0 Å². The topological polar surface area (TPSA) is 55.3 Å². The fraction of sp³-hybridized carbons (Fsp3) is 0.500. The van der Waals surface area contributed by atoms with E-state index in [2.05, 4.69) is 15.1 Å². The van der Waals surface area contributed by atoms with Gasteiger partial charge in [0.25, 0.3) is 0 Å². The van der Waals surface area contributed by atoms with Gasteiger partial charge in [0, 0.05) is 31.0 Å². The molecule has 2 aliphatic heterocycles. The van der Waals surface area contributed by atoms with Crippen LogP contribution in [0.25, 0.3) is 0 Å². The summed E-state index contributed by atoms with van der Waals surface area (Å²) >= 11 is 7.93. The number of piperidine rings is 1. The molecule has 7 heteroatoms. The monoisotopic (exact) mass is 377 g/mol. The number of carbonyl (C=O) groups excluding carboxylic acids is 1. The Morgan fingerprint density at radius 3 is 2.60 bits per heavy atom. The van der Waals surface area contributed by atoms with Gasteiger partial charge >= 0.3 is 0 Å². The van der Waals surface area contributed by atoms with Crippen molar-refractivity contribution in [3.63, 3.8) is 0 Å². The third-order valence-electron chi connectivity index (χ3n) is 5.19. The van der Waals surface area contributed by atoms with Crippen molar-refractivity contribution in [1.82, 2.24) is 10.2 Å². The number of anilines is 1. The fourth-order valence-electron chi connectivity index (χ4n) is 3.80. The quantitative estimate of drug-likeness (QED) is 0.748. The van der Waals surface area contributed by atoms with Crippen LogP contribution in [-0.4, -0.2) is 34.7 Å². The normalized spacial score (nSPS) is 19.0. The molecule has 1 fully saturated rings. The number of hydrogen-bond donors (Lipinski definition) is 0. The van der Waals surface area contributed by atoms with Crippen molar-refractivity contribution in [2.24, 2.45) is 0 Å². The maximum Gasteiger partial charge on any atom is 0.208 e. The van der Waals surface area contributed by atoms with Gasteiger partial charge in [-0.05, 0) is 38.0 Å². The van der Waals surface area contributed by atoms with E-state index in [0.29, 0.717) is 22.8 Å². The highest BCUT2D eigenvalue weighted by Crippen LogP contribution is 2.43. The highest BCUT2D eigenvalue weighted by molar-refractivity contribution is 7.15. The first-order valence-electron chi connectivity index (χ1n) is 8.45. The van der Waals surface area contributed by atoms with Crippen molar-refractivity contribution in [2.45, 2.75) is 45.6 Å². The molecule has 0 amide bonds. The van der Waals surface area contributed by atoms with E-state index >= 15 is 0 Å². The first-order chi connectivity index (χ1) is 11.9. The summed E-state index contributed by atoms with van der Waals surface area (Å²) in [7, 11) is 0. The Kier molecular flexibility index (Phi) is 4.00. The van der Waals surface area contributed by atoms with Crippen LogP contribution < -0.4 is 9.64 Å². The summed E-state index contributed by atoms with van der Waals surface area (Å²) < 4.78 is 6.40. The van der Waals surface area contributed by atoms with Gasteiger partial charge in [-0.3, -0.25) is 4.79 Å². The van der Waals surface area contributed by atoms with Crippen molar-refractivity contribution < 1.29 is 9.53 Å². The molecule has 0 aliphatic carbocycles. The van der Waals surface area contributed by atoms with Crippen molar-refractivity contribution in [3.05, 3.63) is 32.8 Å². The summed E-state index contributed by atoms with van der Waals surface area (Å²) in [5.74, 6) is 0.830. The maximum atomic E-state index is 12.8. The summed E-state index contributed by atoms with van der Waals surface area (Å²) in [5, 5.41) is 10.9. The van der Waals surface area contributed by atoms with Gasteiger partial charge < -0.3 is 9.64 Å².